The van der Waals surface area contributed by atoms with Crippen LogP contribution in [0.15, 0.2) is 69.9 Å². The maximum absolute atomic E-state index is 12.5. The van der Waals surface area contributed by atoms with Crippen LogP contribution in [0.4, 0.5) is 0 Å². The summed E-state index contributed by atoms with van der Waals surface area (Å²) in [6, 6.07) is 14.1. The van der Waals surface area contributed by atoms with Crippen molar-refractivity contribution in [2.75, 3.05) is 20.8 Å². The maximum atomic E-state index is 12.5. The number of furan rings is 2. The van der Waals surface area contributed by atoms with E-state index in [0.29, 0.717) is 34.2 Å². The molecule has 2 aromatic carbocycles. The molecule has 0 aliphatic carbocycles. The highest BCUT2D eigenvalue weighted by atomic mass is 16.5. The third kappa shape index (κ3) is 3.32. The molecule has 6 nitrogen and oxygen atoms in total. The van der Waals surface area contributed by atoms with Crippen molar-refractivity contribution >= 4 is 16.8 Å². The van der Waals surface area contributed by atoms with Gasteiger partial charge in [0, 0.05) is 10.9 Å². The van der Waals surface area contributed by atoms with Crippen LogP contribution in [0.3, 0.4) is 0 Å². The van der Waals surface area contributed by atoms with E-state index in [1.807, 2.05) is 18.2 Å². The minimum absolute atomic E-state index is 0.102. The van der Waals surface area contributed by atoms with Crippen molar-refractivity contribution in [2.24, 2.45) is 0 Å². The van der Waals surface area contributed by atoms with Crippen LogP contribution in [0.5, 0.6) is 17.2 Å². The number of carbonyl (C=O) groups is 1. The van der Waals surface area contributed by atoms with Crippen molar-refractivity contribution in [2.45, 2.75) is 0 Å². The van der Waals surface area contributed by atoms with E-state index < -0.39 is 0 Å². The first-order valence-electron chi connectivity index (χ1n) is 8.62. The summed E-state index contributed by atoms with van der Waals surface area (Å²) in [5, 5.41) is 0.853. The fourth-order valence-corrected chi connectivity index (χ4v) is 2.96. The summed E-state index contributed by atoms with van der Waals surface area (Å²) in [6.07, 6.45) is 3.25. The van der Waals surface area contributed by atoms with Crippen LogP contribution in [-0.2, 0) is 0 Å². The molecule has 0 atom stereocenters. The molecule has 0 fully saturated rings. The summed E-state index contributed by atoms with van der Waals surface area (Å²) in [6.45, 7) is -0.102. The van der Waals surface area contributed by atoms with Crippen LogP contribution < -0.4 is 14.2 Å². The van der Waals surface area contributed by atoms with Gasteiger partial charge in [0.15, 0.2) is 23.9 Å². The summed E-state index contributed by atoms with van der Waals surface area (Å²) < 4.78 is 27.1. The molecule has 6 heteroatoms. The third-order valence-corrected chi connectivity index (χ3v) is 4.41. The quantitative estimate of drug-likeness (QED) is 0.423. The van der Waals surface area contributed by atoms with Crippen LogP contribution in [-0.4, -0.2) is 26.6 Å². The van der Waals surface area contributed by atoms with Gasteiger partial charge < -0.3 is 23.0 Å². The molecule has 0 aliphatic rings. The molecule has 0 amide bonds. The summed E-state index contributed by atoms with van der Waals surface area (Å²) in [5.74, 6) is 2.17. The molecule has 0 unspecified atom stereocenters. The van der Waals surface area contributed by atoms with E-state index in [4.69, 9.17) is 23.0 Å². The Morgan fingerprint density at radius 1 is 0.964 bits per heavy atom. The molecule has 0 saturated heterocycles. The highest BCUT2D eigenvalue weighted by Crippen LogP contribution is 2.33. The Morgan fingerprint density at radius 2 is 1.82 bits per heavy atom. The van der Waals surface area contributed by atoms with Crippen LogP contribution in [0.1, 0.15) is 10.4 Å². The van der Waals surface area contributed by atoms with Gasteiger partial charge in [-0.25, -0.2) is 0 Å². The number of Topliss-reactive ketones (excluding diaryl/α,β-unsaturated/α-hetero) is 1. The zero-order valence-electron chi connectivity index (χ0n) is 15.4. The van der Waals surface area contributed by atoms with Crippen molar-refractivity contribution in [1.82, 2.24) is 0 Å². The first kappa shape index (κ1) is 17.7. The number of methoxy groups -OCH3 is 2. The van der Waals surface area contributed by atoms with Gasteiger partial charge in [-0.05, 0) is 48.5 Å². The Balaban J connectivity index is 1.52. The van der Waals surface area contributed by atoms with Gasteiger partial charge in [0.1, 0.15) is 23.4 Å². The lowest BCUT2D eigenvalue weighted by Crippen LogP contribution is -2.11. The number of benzene rings is 2. The summed E-state index contributed by atoms with van der Waals surface area (Å²) in [4.78, 5) is 12.5. The largest absolute Gasteiger partial charge is 0.493 e. The molecule has 0 aliphatic heterocycles. The highest BCUT2D eigenvalue weighted by Gasteiger charge is 2.14. The fourth-order valence-electron chi connectivity index (χ4n) is 2.96. The lowest BCUT2D eigenvalue weighted by molar-refractivity contribution is 0.0921. The van der Waals surface area contributed by atoms with Crippen molar-refractivity contribution < 1.29 is 27.8 Å². The zero-order chi connectivity index (χ0) is 19.5. The van der Waals surface area contributed by atoms with Gasteiger partial charge >= 0.3 is 0 Å². The molecular weight excluding hydrogens is 360 g/mol. The first-order chi connectivity index (χ1) is 13.7. The van der Waals surface area contributed by atoms with Crippen molar-refractivity contribution in [3.8, 4) is 28.6 Å². The Morgan fingerprint density at radius 3 is 2.57 bits per heavy atom. The van der Waals surface area contributed by atoms with Crippen molar-refractivity contribution in [3.05, 3.63) is 66.6 Å². The number of hydrogen-bond donors (Lipinski definition) is 0. The molecule has 0 spiro atoms. The minimum atomic E-state index is -0.167. The average Bonchev–Trinajstić information content (AvgIpc) is 3.40. The van der Waals surface area contributed by atoms with Crippen molar-refractivity contribution in [3.63, 3.8) is 0 Å². The molecule has 2 aromatic heterocycles. The van der Waals surface area contributed by atoms with Crippen LogP contribution in [0.25, 0.3) is 22.3 Å². The molecule has 0 N–H and O–H groups in total. The number of carbonyl (C=O) groups excluding carboxylic acids is 1. The Hall–Kier alpha value is -3.67. The fraction of sp³-hybridized carbons (Fsp3) is 0.136. The Labute approximate surface area is 161 Å². The van der Waals surface area contributed by atoms with E-state index in [0.717, 1.165) is 10.9 Å². The second-order valence-corrected chi connectivity index (χ2v) is 6.07. The monoisotopic (exact) mass is 378 g/mol. The molecule has 2 heterocycles. The van der Waals surface area contributed by atoms with Crippen LogP contribution >= 0.6 is 0 Å². The van der Waals surface area contributed by atoms with E-state index in [1.165, 1.54) is 7.11 Å². The number of ether oxygens (including phenoxy) is 3. The Kier molecular flexibility index (Phi) is 4.76. The molecule has 0 saturated carbocycles. The van der Waals surface area contributed by atoms with E-state index in [2.05, 4.69) is 0 Å². The average molecular weight is 378 g/mol. The van der Waals surface area contributed by atoms with Gasteiger partial charge in [-0.2, -0.15) is 0 Å². The van der Waals surface area contributed by atoms with Gasteiger partial charge in [-0.1, -0.05) is 0 Å². The second kappa shape index (κ2) is 7.52. The first-order valence-corrected chi connectivity index (χ1v) is 8.62. The lowest BCUT2D eigenvalue weighted by atomic mass is 10.1. The molecular formula is C22H18O6. The van der Waals surface area contributed by atoms with Crippen molar-refractivity contribution in [1.29, 1.82) is 0 Å². The molecule has 0 radical (unpaired) electrons. The van der Waals surface area contributed by atoms with Gasteiger partial charge in [0.05, 0.1) is 26.0 Å². The zero-order valence-corrected chi connectivity index (χ0v) is 15.4. The molecule has 28 heavy (non-hydrogen) atoms. The van der Waals surface area contributed by atoms with Gasteiger partial charge in [0.2, 0.25) is 0 Å². The highest BCUT2D eigenvalue weighted by molar-refractivity contribution is 5.98. The lowest BCUT2D eigenvalue weighted by Gasteiger charge is -2.10. The maximum Gasteiger partial charge on any atom is 0.200 e. The molecule has 4 aromatic rings. The minimum Gasteiger partial charge on any atom is -0.493 e. The van der Waals surface area contributed by atoms with Crippen LogP contribution in [0, 0.1) is 0 Å². The van der Waals surface area contributed by atoms with Gasteiger partial charge in [0.25, 0.3) is 0 Å². The third-order valence-electron chi connectivity index (χ3n) is 4.41. The summed E-state index contributed by atoms with van der Waals surface area (Å²) in [7, 11) is 3.07. The number of fused-ring (bicyclic) bond motifs is 1. The second-order valence-electron chi connectivity index (χ2n) is 6.07. The standard InChI is InChI=1S/C22H18O6/c1-24-21-7-5-14(10-22(21)25-2)18(23)13-27-15-6-8-20-16(11-15)17(12-28-20)19-4-3-9-26-19/h3-12H,13H2,1-2H3. The van der Waals surface area contributed by atoms with E-state index in [9.17, 15) is 4.79 Å². The normalized spacial score (nSPS) is 10.8. The number of rotatable bonds is 7. The van der Waals surface area contributed by atoms with Gasteiger partial charge in [-0.3, -0.25) is 4.79 Å². The molecule has 0 bridgehead atoms. The summed E-state index contributed by atoms with van der Waals surface area (Å²) >= 11 is 0. The predicted octanol–water partition coefficient (Wildman–Crippen LogP) is 4.97. The van der Waals surface area contributed by atoms with Gasteiger partial charge in [-0.15, -0.1) is 0 Å². The van der Waals surface area contributed by atoms with E-state index in [-0.39, 0.29) is 12.4 Å². The topological polar surface area (TPSA) is 71.0 Å². The molecule has 142 valence electrons. The SMILES string of the molecule is COc1ccc(C(=O)COc2ccc3occ(-c4ccco4)c3c2)cc1OC. The Bertz CT molecular complexity index is 1110. The smallest absolute Gasteiger partial charge is 0.200 e. The molecule has 4 rings (SSSR count). The number of hydrogen-bond acceptors (Lipinski definition) is 6. The van der Waals surface area contributed by atoms with E-state index in [1.54, 1.807) is 50.0 Å². The van der Waals surface area contributed by atoms with E-state index >= 15 is 0 Å². The predicted molar refractivity (Wildman–Crippen MR) is 103 cm³/mol. The number of ketones is 1. The summed E-state index contributed by atoms with van der Waals surface area (Å²) in [5.41, 5.74) is 2.03. The van der Waals surface area contributed by atoms with Crippen LogP contribution in [0.2, 0.25) is 0 Å².